The zero-order chi connectivity index (χ0) is 11.5. The van der Waals surface area contributed by atoms with E-state index >= 15 is 0 Å². The van der Waals surface area contributed by atoms with Crippen molar-refractivity contribution < 1.29 is 10.2 Å². The first-order chi connectivity index (χ1) is 7.66. The fourth-order valence-corrected chi connectivity index (χ4v) is 2.69. The molecule has 0 aromatic heterocycles. The van der Waals surface area contributed by atoms with Crippen LogP contribution >= 0.6 is 0 Å². The van der Waals surface area contributed by atoms with Crippen LogP contribution < -0.4 is 0 Å². The first kappa shape index (κ1) is 11.3. The number of rotatable bonds is 2. The predicted molar refractivity (Wildman–Crippen MR) is 64.8 cm³/mol. The van der Waals surface area contributed by atoms with Crippen molar-refractivity contribution in [2.45, 2.75) is 45.4 Å². The topological polar surface area (TPSA) is 40.5 Å². The summed E-state index contributed by atoms with van der Waals surface area (Å²) in [4.78, 5) is 0. The summed E-state index contributed by atoms with van der Waals surface area (Å²) >= 11 is 0. The van der Waals surface area contributed by atoms with Gasteiger partial charge in [-0.1, -0.05) is 32.1 Å². The number of hydrogen-bond donors (Lipinski definition) is 2. The SMILES string of the molecule is Cc1cc(O)cc(CC2CCCCC2)c1O. The van der Waals surface area contributed by atoms with Crippen molar-refractivity contribution in [3.63, 3.8) is 0 Å². The van der Waals surface area contributed by atoms with E-state index in [9.17, 15) is 10.2 Å². The molecule has 2 nitrogen and oxygen atoms in total. The second-order valence-corrected chi connectivity index (χ2v) is 4.98. The lowest BCUT2D eigenvalue weighted by molar-refractivity contribution is 0.350. The number of aryl methyl sites for hydroxylation is 1. The maximum Gasteiger partial charge on any atom is 0.121 e. The van der Waals surface area contributed by atoms with Crippen LogP contribution in [-0.2, 0) is 6.42 Å². The third kappa shape index (κ3) is 2.49. The summed E-state index contributed by atoms with van der Waals surface area (Å²) in [6, 6.07) is 3.32. The molecular weight excluding hydrogens is 200 g/mol. The van der Waals surface area contributed by atoms with Gasteiger partial charge in [0, 0.05) is 0 Å². The molecule has 2 heteroatoms. The average molecular weight is 220 g/mol. The Labute approximate surface area is 96.9 Å². The molecule has 0 spiro atoms. The molecule has 1 aromatic carbocycles. The molecule has 0 saturated heterocycles. The summed E-state index contributed by atoms with van der Waals surface area (Å²) in [5.74, 6) is 1.31. The first-order valence-corrected chi connectivity index (χ1v) is 6.18. The Morgan fingerprint density at radius 2 is 1.81 bits per heavy atom. The monoisotopic (exact) mass is 220 g/mol. The van der Waals surface area contributed by atoms with E-state index in [4.69, 9.17) is 0 Å². The summed E-state index contributed by atoms with van der Waals surface area (Å²) in [6.45, 7) is 1.83. The van der Waals surface area contributed by atoms with Gasteiger partial charge in [0.25, 0.3) is 0 Å². The minimum atomic E-state index is 0.265. The van der Waals surface area contributed by atoms with Gasteiger partial charge in [0.15, 0.2) is 0 Å². The minimum Gasteiger partial charge on any atom is -0.508 e. The molecule has 0 amide bonds. The van der Waals surface area contributed by atoms with Crippen LogP contribution in [0.5, 0.6) is 11.5 Å². The van der Waals surface area contributed by atoms with Crippen LogP contribution in [0.25, 0.3) is 0 Å². The van der Waals surface area contributed by atoms with Crippen LogP contribution in [0.15, 0.2) is 12.1 Å². The van der Waals surface area contributed by atoms with Gasteiger partial charge in [-0.15, -0.1) is 0 Å². The Kier molecular flexibility index (Phi) is 3.37. The number of phenolic OH excluding ortho intramolecular Hbond substituents is 2. The van der Waals surface area contributed by atoms with E-state index in [1.165, 1.54) is 32.1 Å². The summed E-state index contributed by atoms with van der Waals surface area (Å²) in [7, 11) is 0. The molecule has 0 unspecified atom stereocenters. The quantitative estimate of drug-likeness (QED) is 0.748. The lowest BCUT2D eigenvalue weighted by Crippen LogP contribution is -2.09. The highest BCUT2D eigenvalue weighted by atomic mass is 16.3. The molecule has 16 heavy (non-hydrogen) atoms. The Bertz CT molecular complexity index is 365. The maximum absolute atomic E-state index is 9.94. The minimum absolute atomic E-state index is 0.265. The fourth-order valence-electron chi connectivity index (χ4n) is 2.69. The highest BCUT2D eigenvalue weighted by Gasteiger charge is 2.16. The van der Waals surface area contributed by atoms with Crippen molar-refractivity contribution in [2.75, 3.05) is 0 Å². The van der Waals surface area contributed by atoms with Gasteiger partial charge >= 0.3 is 0 Å². The molecule has 2 rings (SSSR count). The normalized spacial score (nSPS) is 17.6. The molecule has 0 radical (unpaired) electrons. The van der Waals surface area contributed by atoms with Crippen molar-refractivity contribution in [1.29, 1.82) is 0 Å². The van der Waals surface area contributed by atoms with Crippen molar-refractivity contribution >= 4 is 0 Å². The van der Waals surface area contributed by atoms with Gasteiger partial charge in [-0.2, -0.15) is 0 Å². The van der Waals surface area contributed by atoms with Gasteiger partial charge < -0.3 is 10.2 Å². The van der Waals surface area contributed by atoms with Crippen LogP contribution in [0.1, 0.15) is 43.2 Å². The molecule has 0 heterocycles. The van der Waals surface area contributed by atoms with Crippen LogP contribution in [0, 0.1) is 12.8 Å². The number of aromatic hydroxyl groups is 2. The van der Waals surface area contributed by atoms with Crippen LogP contribution in [0.2, 0.25) is 0 Å². The van der Waals surface area contributed by atoms with E-state index in [0.717, 1.165) is 17.5 Å². The Morgan fingerprint density at radius 1 is 1.12 bits per heavy atom. The molecule has 0 atom stereocenters. The fraction of sp³-hybridized carbons (Fsp3) is 0.571. The van der Waals surface area contributed by atoms with Gasteiger partial charge in [0.05, 0.1) is 0 Å². The van der Waals surface area contributed by atoms with Gasteiger partial charge in [-0.3, -0.25) is 0 Å². The van der Waals surface area contributed by atoms with E-state index in [-0.39, 0.29) is 5.75 Å². The Balaban J connectivity index is 2.13. The van der Waals surface area contributed by atoms with Crippen LogP contribution in [-0.4, -0.2) is 10.2 Å². The molecule has 1 fully saturated rings. The van der Waals surface area contributed by atoms with E-state index in [1.807, 2.05) is 6.92 Å². The lowest BCUT2D eigenvalue weighted by Gasteiger charge is -2.22. The third-order valence-electron chi connectivity index (χ3n) is 3.60. The molecule has 1 aliphatic carbocycles. The van der Waals surface area contributed by atoms with Crippen molar-refractivity contribution in [3.05, 3.63) is 23.3 Å². The second kappa shape index (κ2) is 4.77. The van der Waals surface area contributed by atoms with Gasteiger partial charge in [-0.05, 0) is 42.5 Å². The molecular formula is C14H20O2. The summed E-state index contributed by atoms with van der Waals surface area (Å²) < 4.78 is 0. The highest BCUT2D eigenvalue weighted by Crippen LogP contribution is 2.33. The van der Waals surface area contributed by atoms with Crippen LogP contribution in [0.4, 0.5) is 0 Å². The van der Waals surface area contributed by atoms with E-state index < -0.39 is 0 Å². The van der Waals surface area contributed by atoms with Crippen molar-refractivity contribution in [1.82, 2.24) is 0 Å². The van der Waals surface area contributed by atoms with E-state index in [2.05, 4.69) is 0 Å². The molecule has 88 valence electrons. The standard InChI is InChI=1S/C14H20O2/c1-10-7-13(15)9-12(14(10)16)8-11-5-3-2-4-6-11/h7,9,11,15-16H,2-6,8H2,1H3. The predicted octanol–water partition coefficient (Wildman–Crippen LogP) is 3.53. The first-order valence-electron chi connectivity index (χ1n) is 6.18. The molecule has 0 bridgehead atoms. The second-order valence-electron chi connectivity index (χ2n) is 4.98. The van der Waals surface area contributed by atoms with E-state index in [1.54, 1.807) is 12.1 Å². The van der Waals surface area contributed by atoms with Crippen LogP contribution in [0.3, 0.4) is 0 Å². The molecule has 0 aliphatic heterocycles. The summed E-state index contributed by atoms with van der Waals surface area (Å²) in [6.07, 6.45) is 7.39. The third-order valence-corrected chi connectivity index (χ3v) is 3.60. The smallest absolute Gasteiger partial charge is 0.121 e. The molecule has 2 N–H and O–H groups in total. The number of phenols is 2. The number of hydrogen-bond acceptors (Lipinski definition) is 2. The highest BCUT2D eigenvalue weighted by molar-refractivity contribution is 5.45. The average Bonchev–Trinajstić information content (AvgIpc) is 2.27. The van der Waals surface area contributed by atoms with Crippen molar-refractivity contribution in [3.8, 4) is 11.5 Å². The maximum atomic E-state index is 9.94. The van der Waals surface area contributed by atoms with Gasteiger partial charge in [-0.25, -0.2) is 0 Å². The van der Waals surface area contributed by atoms with E-state index in [0.29, 0.717) is 11.7 Å². The molecule has 1 saturated carbocycles. The van der Waals surface area contributed by atoms with Crippen molar-refractivity contribution in [2.24, 2.45) is 5.92 Å². The Morgan fingerprint density at radius 3 is 2.50 bits per heavy atom. The lowest BCUT2D eigenvalue weighted by atomic mass is 9.84. The zero-order valence-corrected chi connectivity index (χ0v) is 9.87. The number of benzene rings is 1. The van der Waals surface area contributed by atoms with Gasteiger partial charge in [0.1, 0.15) is 11.5 Å². The van der Waals surface area contributed by atoms with Gasteiger partial charge in [0.2, 0.25) is 0 Å². The molecule has 1 aliphatic rings. The summed E-state index contributed by atoms with van der Waals surface area (Å²) in [5, 5.41) is 19.5. The summed E-state index contributed by atoms with van der Waals surface area (Å²) in [5.41, 5.74) is 1.68. The Hall–Kier alpha value is -1.18. The molecule has 1 aromatic rings. The zero-order valence-electron chi connectivity index (χ0n) is 9.87. The largest absolute Gasteiger partial charge is 0.508 e.